The molecule has 0 aliphatic rings. The Morgan fingerprint density at radius 1 is 1.40 bits per heavy atom. The van der Waals surface area contributed by atoms with Crippen LogP contribution in [0.3, 0.4) is 0 Å². The average Bonchev–Trinajstić information content (AvgIpc) is 2.27. The zero-order valence-corrected chi connectivity index (χ0v) is 13.5. The first-order valence-corrected chi connectivity index (χ1v) is 9.50. The van der Waals surface area contributed by atoms with Crippen LogP contribution in [0, 0.1) is 0 Å². The Bertz CT molecular complexity index is 743. The van der Waals surface area contributed by atoms with Crippen LogP contribution in [0.5, 0.6) is 0 Å². The number of nitrogens with zero attached hydrogens (tertiary/aromatic N) is 1. The molecule has 0 atom stereocenters. The van der Waals surface area contributed by atoms with Crippen LogP contribution in [-0.4, -0.2) is 39.2 Å². The van der Waals surface area contributed by atoms with E-state index in [4.69, 9.17) is 10.9 Å². The maximum Gasteiger partial charge on any atom is 0.247 e. The Labute approximate surface area is 124 Å². The highest BCUT2D eigenvalue weighted by atomic mass is 79.9. The number of sulfonamides is 1. The van der Waals surface area contributed by atoms with E-state index in [9.17, 15) is 16.8 Å². The number of amidine groups is 1. The van der Waals surface area contributed by atoms with Gasteiger partial charge in [0.05, 0.1) is 5.69 Å². The fraction of sp³-hybridized carbons (Fsp3) is 0.222. The molecule has 20 heavy (non-hydrogen) atoms. The van der Waals surface area contributed by atoms with E-state index >= 15 is 0 Å². The van der Waals surface area contributed by atoms with Crippen molar-refractivity contribution in [3.63, 3.8) is 0 Å². The van der Waals surface area contributed by atoms with E-state index in [1.54, 1.807) is 0 Å². The molecular weight excluding hydrogens is 374 g/mol. The van der Waals surface area contributed by atoms with Crippen molar-refractivity contribution >= 4 is 47.3 Å². The Morgan fingerprint density at radius 3 is 2.45 bits per heavy atom. The van der Waals surface area contributed by atoms with Crippen LogP contribution in [0.1, 0.15) is 5.56 Å². The molecule has 1 rings (SSSR count). The molecule has 1 aromatic rings. The number of hydrogen-bond donors (Lipinski definition) is 3. The normalized spacial score (nSPS) is 13.2. The number of nitrogens with one attached hydrogen (secondary N) is 1. The topological polar surface area (TPSA) is 139 Å². The fourth-order valence-corrected chi connectivity index (χ4v) is 4.91. The van der Waals surface area contributed by atoms with Crippen LogP contribution in [0.15, 0.2) is 27.8 Å². The lowest BCUT2D eigenvalue weighted by atomic mass is 10.2. The number of oxime groups is 1. The average molecular weight is 386 g/mol. The molecule has 0 aliphatic heterocycles. The van der Waals surface area contributed by atoms with Crippen LogP contribution in [-0.2, 0) is 19.9 Å². The number of nitrogens with two attached hydrogens (primary N) is 1. The van der Waals surface area contributed by atoms with Crippen molar-refractivity contribution in [2.45, 2.75) is 0 Å². The molecule has 112 valence electrons. The SMILES string of the molecule is CS(=O)(=O)CS(=O)(=O)Nc1ccc(/C(N)=N/O)cc1Br. The van der Waals surface area contributed by atoms with E-state index in [-0.39, 0.29) is 11.5 Å². The second-order valence-corrected chi connectivity index (χ2v) is 9.02. The molecule has 0 heterocycles. The summed E-state index contributed by atoms with van der Waals surface area (Å²) in [7, 11) is -7.71. The molecule has 0 spiro atoms. The van der Waals surface area contributed by atoms with Crippen molar-refractivity contribution in [3.8, 4) is 0 Å². The summed E-state index contributed by atoms with van der Waals surface area (Å²) < 4.78 is 47.8. The fourth-order valence-electron chi connectivity index (χ4n) is 1.29. The highest BCUT2D eigenvalue weighted by molar-refractivity contribution is 9.10. The Kier molecular flexibility index (Phi) is 5.00. The molecule has 0 unspecified atom stereocenters. The Hall–Kier alpha value is -1.33. The van der Waals surface area contributed by atoms with Gasteiger partial charge in [-0.1, -0.05) is 5.16 Å². The molecular formula is C9H12BrN3O5S2. The van der Waals surface area contributed by atoms with Gasteiger partial charge in [0.1, 0.15) is 0 Å². The van der Waals surface area contributed by atoms with E-state index in [0.29, 0.717) is 10.0 Å². The Balaban J connectivity index is 3.06. The number of rotatable bonds is 5. The molecule has 4 N–H and O–H groups in total. The molecule has 0 radical (unpaired) electrons. The van der Waals surface area contributed by atoms with Crippen molar-refractivity contribution in [2.24, 2.45) is 10.9 Å². The molecule has 0 saturated carbocycles. The molecule has 0 fully saturated rings. The first-order chi connectivity index (χ1) is 9.04. The van der Waals surface area contributed by atoms with E-state index in [0.717, 1.165) is 6.26 Å². The van der Waals surface area contributed by atoms with Crippen LogP contribution in [0.4, 0.5) is 5.69 Å². The third-order valence-corrected chi connectivity index (χ3v) is 6.15. The van der Waals surface area contributed by atoms with Gasteiger partial charge < -0.3 is 10.9 Å². The van der Waals surface area contributed by atoms with Crippen molar-refractivity contribution in [1.82, 2.24) is 0 Å². The number of sulfone groups is 1. The number of anilines is 1. The summed E-state index contributed by atoms with van der Waals surface area (Å²) in [5.74, 6) is -0.142. The first kappa shape index (κ1) is 16.7. The minimum atomic E-state index is -4.03. The van der Waals surface area contributed by atoms with Crippen molar-refractivity contribution < 1.29 is 22.0 Å². The number of hydrogen-bond acceptors (Lipinski definition) is 6. The summed E-state index contributed by atoms with van der Waals surface area (Å²) in [6.07, 6.45) is 0.822. The van der Waals surface area contributed by atoms with Gasteiger partial charge in [-0.3, -0.25) is 4.72 Å². The number of benzene rings is 1. The van der Waals surface area contributed by atoms with E-state index in [1.165, 1.54) is 18.2 Å². The van der Waals surface area contributed by atoms with E-state index in [1.807, 2.05) is 0 Å². The quantitative estimate of drug-likeness (QED) is 0.288. The first-order valence-electron chi connectivity index (χ1n) is 5.00. The van der Waals surface area contributed by atoms with Gasteiger partial charge >= 0.3 is 0 Å². The maximum absolute atomic E-state index is 11.6. The second kappa shape index (κ2) is 5.97. The molecule has 0 aliphatic carbocycles. The number of halogens is 1. The molecule has 0 amide bonds. The third-order valence-electron chi connectivity index (χ3n) is 2.01. The highest BCUT2D eigenvalue weighted by Crippen LogP contribution is 2.24. The van der Waals surface area contributed by atoms with Gasteiger partial charge in [0.15, 0.2) is 20.8 Å². The van der Waals surface area contributed by atoms with Gasteiger partial charge in [0.2, 0.25) is 10.0 Å². The molecule has 8 nitrogen and oxygen atoms in total. The summed E-state index contributed by atoms with van der Waals surface area (Å²) in [5, 5.41) is 10.3. The summed E-state index contributed by atoms with van der Waals surface area (Å²) >= 11 is 3.11. The smallest absolute Gasteiger partial charge is 0.247 e. The molecule has 0 aromatic heterocycles. The minimum Gasteiger partial charge on any atom is -0.409 e. The third kappa shape index (κ3) is 4.98. The summed E-state index contributed by atoms with van der Waals surface area (Å²) in [5.41, 5.74) is 5.89. The second-order valence-electron chi connectivity index (χ2n) is 3.94. The summed E-state index contributed by atoms with van der Waals surface area (Å²) in [6.45, 7) is 0. The largest absolute Gasteiger partial charge is 0.409 e. The molecule has 11 heteroatoms. The summed E-state index contributed by atoms with van der Waals surface area (Å²) in [6, 6.07) is 4.20. The molecule has 0 saturated heterocycles. The van der Waals surface area contributed by atoms with E-state index in [2.05, 4.69) is 25.8 Å². The summed E-state index contributed by atoms with van der Waals surface area (Å²) in [4.78, 5) is 0. The molecule has 0 bridgehead atoms. The van der Waals surface area contributed by atoms with Crippen LogP contribution in [0.2, 0.25) is 0 Å². The van der Waals surface area contributed by atoms with Crippen molar-refractivity contribution in [2.75, 3.05) is 16.1 Å². The maximum atomic E-state index is 11.6. The Morgan fingerprint density at radius 2 is 2.00 bits per heavy atom. The zero-order valence-electron chi connectivity index (χ0n) is 10.2. The van der Waals surface area contributed by atoms with Gasteiger partial charge in [-0.05, 0) is 34.1 Å². The lowest BCUT2D eigenvalue weighted by molar-refractivity contribution is 0.318. The van der Waals surface area contributed by atoms with Gasteiger partial charge in [-0.15, -0.1) is 0 Å². The zero-order chi connectivity index (χ0) is 15.6. The highest BCUT2D eigenvalue weighted by Gasteiger charge is 2.19. The van der Waals surface area contributed by atoms with Gasteiger partial charge in [-0.2, -0.15) is 0 Å². The predicted molar refractivity (Wildman–Crippen MR) is 78.9 cm³/mol. The van der Waals surface area contributed by atoms with Crippen molar-refractivity contribution in [1.29, 1.82) is 0 Å². The van der Waals surface area contributed by atoms with Crippen LogP contribution >= 0.6 is 15.9 Å². The minimum absolute atomic E-state index is 0.142. The predicted octanol–water partition coefficient (Wildman–Crippen LogP) is 0.287. The molecule has 1 aromatic carbocycles. The van der Waals surface area contributed by atoms with Crippen molar-refractivity contribution in [3.05, 3.63) is 28.2 Å². The van der Waals surface area contributed by atoms with Gasteiger partial charge in [-0.25, -0.2) is 16.8 Å². The van der Waals surface area contributed by atoms with Crippen LogP contribution in [0.25, 0.3) is 0 Å². The van der Waals surface area contributed by atoms with E-state index < -0.39 is 24.9 Å². The van der Waals surface area contributed by atoms with Gasteiger partial charge in [0.25, 0.3) is 0 Å². The van der Waals surface area contributed by atoms with Gasteiger partial charge in [0, 0.05) is 16.3 Å². The van der Waals surface area contributed by atoms with Crippen LogP contribution < -0.4 is 10.5 Å². The monoisotopic (exact) mass is 385 g/mol. The standard InChI is InChI=1S/C9H12BrN3O5S2/c1-19(15,16)5-20(17,18)13-8-3-2-6(4-7(8)10)9(11)12-14/h2-4,13-14H,5H2,1H3,(H2,11,12). The lowest BCUT2D eigenvalue weighted by Crippen LogP contribution is -2.22. The lowest BCUT2D eigenvalue weighted by Gasteiger charge is -2.10.